The SMILES string of the molecule is NCc1cc(N2CCCC2c2cccnc2)ccn1. The molecule has 1 aliphatic rings. The Labute approximate surface area is 113 Å². The van der Waals surface area contributed by atoms with Crippen molar-refractivity contribution in [1.82, 2.24) is 9.97 Å². The molecular weight excluding hydrogens is 236 g/mol. The number of aromatic nitrogens is 2. The lowest BCUT2D eigenvalue weighted by molar-refractivity contribution is 0.714. The van der Waals surface area contributed by atoms with Crippen LogP contribution in [0.5, 0.6) is 0 Å². The Bertz CT molecular complexity index is 541. The standard InChI is InChI=1S/C15H18N4/c16-10-13-9-14(5-7-18-13)19-8-2-4-15(19)12-3-1-6-17-11-12/h1,3,5-7,9,11,15H,2,4,8,10,16H2. The van der Waals surface area contributed by atoms with Crippen molar-refractivity contribution in [1.29, 1.82) is 0 Å². The van der Waals surface area contributed by atoms with Gasteiger partial charge in [0.1, 0.15) is 0 Å². The van der Waals surface area contributed by atoms with Gasteiger partial charge in [-0.3, -0.25) is 9.97 Å². The van der Waals surface area contributed by atoms with Gasteiger partial charge in [0.05, 0.1) is 11.7 Å². The van der Waals surface area contributed by atoms with E-state index in [4.69, 9.17) is 5.73 Å². The highest BCUT2D eigenvalue weighted by Crippen LogP contribution is 2.35. The van der Waals surface area contributed by atoms with Crippen LogP contribution in [-0.4, -0.2) is 16.5 Å². The maximum absolute atomic E-state index is 5.67. The predicted molar refractivity (Wildman–Crippen MR) is 75.7 cm³/mol. The molecule has 0 saturated carbocycles. The second-order valence-electron chi connectivity index (χ2n) is 4.85. The molecule has 2 N–H and O–H groups in total. The highest BCUT2D eigenvalue weighted by atomic mass is 15.2. The topological polar surface area (TPSA) is 55.0 Å². The number of rotatable bonds is 3. The first-order valence-electron chi connectivity index (χ1n) is 6.70. The first kappa shape index (κ1) is 12.1. The van der Waals surface area contributed by atoms with E-state index in [1.165, 1.54) is 24.1 Å². The summed E-state index contributed by atoms with van der Waals surface area (Å²) in [4.78, 5) is 10.9. The minimum Gasteiger partial charge on any atom is -0.364 e. The molecule has 1 fully saturated rings. The third-order valence-electron chi connectivity index (χ3n) is 3.66. The summed E-state index contributed by atoms with van der Waals surface area (Å²) in [5.41, 5.74) is 9.10. The van der Waals surface area contributed by atoms with E-state index in [-0.39, 0.29) is 0 Å². The monoisotopic (exact) mass is 254 g/mol. The number of nitrogens with two attached hydrogens (primary N) is 1. The molecular formula is C15H18N4. The molecule has 3 rings (SSSR count). The summed E-state index contributed by atoms with van der Waals surface area (Å²) in [7, 11) is 0. The molecule has 0 aromatic carbocycles. The fourth-order valence-corrected chi connectivity index (χ4v) is 2.75. The van der Waals surface area contributed by atoms with Crippen LogP contribution < -0.4 is 10.6 Å². The van der Waals surface area contributed by atoms with Crippen LogP contribution >= 0.6 is 0 Å². The third kappa shape index (κ3) is 2.44. The van der Waals surface area contributed by atoms with E-state index >= 15 is 0 Å². The Morgan fingerprint density at radius 1 is 1.32 bits per heavy atom. The summed E-state index contributed by atoms with van der Waals surface area (Å²) in [6.07, 6.45) is 8.01. The molecule has 1 unspecified atom stereocenters. The summed E-state index contributed by atoms with van der Waals surface area (Å²) in [5, 5.41) is 0. The zero-order valence-corrected chi connectivity index (χ0v) is 10.9. The normalized spacial score (nSPS) is 18.8. The minimum absolute atomic E-state index is 0.418. The van der Waals surface area contributed by atoms with E-state index in [1.807, 2.05) is 24.7 Å². The molecule has 19 heavy (non-hydrogen) atoms. The van der Waals surface area contributed by atoms with Crippen molar-refractivity contribution in [2.24, 2.45) is 5.73 Å². The Morgan fingerprint density at radius 3 is 3.05 bits per heavy atom. The van der Waals surface area contributed by atoms with Gasteiger partial charge in [-0.05, 0) is 36.6 Å². The zero-order chi connectivity index (χ0) is 13.1. The predicted octanol–water partition coefficient (Wildman–Crippen LogP) is 2.28. The molecule has 2 aromatic heterocycles. The molecule has 0 bridgehead atoms. The van der Waals surface area contributed by atoms with Gasteiger partial charge in [-0.25, -0.2) is 0 Å². The first-order chi connectivity index (χ1) is 9.38. The maximum atomic E-state index is 5.67. The molecule has 0 amide bonds. The van der Waals surface area contributed by atoms with Gasteiger partial charge < -0.3 is 10.6 Å². The molecule has 98 valence electrons. The minimum atomic E-state index is 0.418. The number of nitrogens with zero attached hydrogens (tertiary/aromatic N) is 3. The van der Waals surface area contributed by atoms with E-state index < -0.39 is 0 Å². The van der Waals surface area contributed by atoms with Gasteiger partial charge in [-0.1, -0.05) is 6.07 Å². The van der Waals surface area contributed by atoms with Gasteiger partial charge in [0, 0.05) is 37.4 Å². The van der Waals surface area contributed by atoms with Crippen molar-refractivity contribution >= 4 is 5.69 Å². The highest BCUT2D eigenvalue weighted by molar-refractivity contribution is 5.50. The number of hydrogen-bond acceptors (Lipinski definition) is 4. The van der Waals surface area contributed by atoms with Gasteiger partial charge in [0.15, 0.2) is 0 Å². The zero-order valence-electron chi connectivity index (χ0n) is 10.9. The van der Waals surface area contributed by atoms with Crippen molar-refractivity contribution in [2.45, 2.75) is 25.4 Å². The lowest BCUT2D eigenvalue weighted by Gasteiger charge is -2.27. The fraction of sp³-hybridized carbons (Fsp3) is 0.333. The average Bonchev–Trinajstić information content (AvgIpc) is 2.98. The summed E-state index contributed by atoms with van der Waals surface area (Å²) in [6, 6.07) is 8.73. The quantitative estimate of drug-likeness (QED) is 0.913. The summed E-state index contributed by atoms with van der Waals surface area (Å²) >= 11 is 0. The van der Waals surface area contributed by atoms with Crippen molar-refractivity contribution in [2.75, 3.05) is 11.4 Å². The van der Waals surface area contributed by atoms with E-state index in [0.29, 0.717) is 12.6 Å². The van der Waals surface area contributed by atoms with Crippen LogP contribution in [0.2, 0.25) is 0 Å². The Hall–Kier alpha value is -1.94. The van der Waals surface area contributed by atoms with E-state index in [9.17, 15) is 0 Å². The van der Waals surface area contributed by atoms with Crippen LogP contribution in [0, 0.1) is 0 Å². The summed E-state index contributed by atoms with van der Waals surface area (Å²) < 4.78 is 0. The Morgan fingerprint density at radius 2 is 2.26 bits per heavy atom. The molecule has 1 atom stereocenters. The molecule has 1 aliphatic heterocycles. The van der Waals surface area contributed by atoms with Crippen molar-refractivity contribution in [3.8, 4) is 0 Å². The summed E-state index contributed by atoms with van der Waals surface area (Å²) in [6.45, 7) is 1.56. The highest BCUT2D eigenvalue weighted by Gasteiger charge is 2.26. The molecule has 4 heteroatoms. The van der Waals surface area contributed by atoms with Crippen LogP contribution in [0.25, 0.3) is 0 Å². The van der Waals surface area contributed by atoms with Crippen LogP contribution in [-0.2, 0) is 6.54 Å². The largest absolute Gasteiger partial charge is 0.364 e. The maximum Gasteiger partial charge on any atom is 0.0560 e. The van der Waals surface area contributed by atoms with E-state index in [0.717, 1.165) is 12.2 Å². The van der Waals surface area contributed by atoms with Crippen molar-refractivity contribution < 1.29 is 0 Å². The second kappa shape index (κ2) is 5.36. The van der Waals surface area contributed by atoms with Crippen LogP contribution in [0.1, 0.15) is 30.1 Å². The first-order valence-corrected chi connectivity index (χ1v) is 6.70. The number of anilines is 1. The molecule has 3 heterocycles. The third-order valence-corrected chi connectivity index (χ3v) is 3.66. The molecule has 0 radical (unpaired) electrons. The van der Waals surface area contributed by atoms with E-state index in [1.54, 1.807) is 0 Å². The summed E-state index contributed by atoms with van der Waals surface area (Å²) in [5.74, 6) is 0. The van der Waals surface area contributed by atoms with Gasteiger partial charge in [0.25, 0.3) is 0 Å². The van der Waals surface area contributed by atoms with Crippen LogP contribution in [0.4, 0.5) is 5.69 Å². The van der Waals surface area contributed by atoms with Gasteiger partial charge in [-0.15, -0.1) is 0 Å². The average molecular weight is 254 g/mol. The molecule has 2 aromatic rings. The van der Waals surface area contributed by atoms with E-state index in [2.05, 4.69) is 33.1 Å². The smallest absolute Gasteiger partial charge is 0.0560 e. The van der Waals surface area contributed by atoms with Gasteiger partial charge >= 0.3 is 0 Å². The van der Waals surface area contributed by atoms with Crippen LogP contribution in [0.3, 0.4) is 0 Å². The molecule has 0 aliphatic carbocycles. The Kier molecular flexibility index (Phi) is 3.42. The number of hydrogen-bond donors (Lipinski definition) is 1. The molecule has 4 nitrogen and oxygen atoms in total. The van der Waals surface area contributed by atoms with Crippen LogP contribution in [0.15, 0.2) is 42.9 Å². The lowest BCUT2D eigenvalue weighted by atomic mass is 10.1. The van der Waals surface area contributed by atoms with Gasteiger partial charge in [0.2, 0.25) is 0 Å². The number of pyridine rings is 2. The molecule has 0 spiro atoms. The Balaban J connectivity index is 1.90. The lowest BCUT2D eigenvalue weighted by Crippen LogP contribution is -2.23. The van der Waals surface area contributed by atoms with Crippen molar-refractivity contribution in [3.63, 3.8) is 0 Å². The molecule has 1 saturated heterocycles. The van der Waals surface area contributed by atoms with Gasteiger partial charge in [-0.2, -0.15) is 0 Å². The van der Waals surface area contributed by atoms with Crippen molar-refractivity contribution in [3.05, 3.63) is 54.1 Å². The fourth-order valence-electron chi connectivity index (χ4n) is 2.75. The second-order valence-corrected chi connectivity index (χ2v) is 4.85.